The lowest BCUT2D eigenvalue weighted by Gasteiger charge is -2.09. The first-order valence-corrected chi connectivity index (χ1v) is 5.86. The molecular weight excluding hydrogens is 238 g/mol. The normalized spacial score (nSPS) is 21.7. The van der Waals surface area contributed by atoms with Crippen molar-refractivity contribution < 1.29 is 9.53 Å². The van der Waals surface area contributed by atoms with Crippen LogP contribution >= 0.6 is 11.6 Å². The maximum atomic E-state index is 11.9. The first-order valence-electron chi connectivity index (χ1n) is 5.48. The summed E-state index contributed by atoms with van der Waals surface area (Å²) in [5, 5.41) is 0.653. The predicted molar refractivity (Wildman–Crippen MR) is 66.5 cm³/mol. The van der Waals surface area contributed by atoms with E-state index in [0.717, 1.165) is 11.1 Å². The molecule has 1 unspecified atom stereocenters. The predicted octanol–water partition coefficient (Wildman–Crippen LogP) is 2.70. The SMILES string of the molecule is C#[N+]C1(C(=O)OCC)Cc2ccc(Cl)cc2C1. The average Bonchev–Trinajstić information content (AvgIpc) is 2.68. The molecule has 0 aliphatic heterocycles. The van der Waals surface area contributed by atoms with Gasteiger partial charge in [-0.1, -0.05) is 22.5 Å². The highest BCUT2D eigenvalue weighted by Crippen LogP contribution is 2.35. The molecule has 0 heterocycles. The van der Waals surface area contributed by atoms with E-state index >= 15 is 0 Å². The zero-order chi connectivity index (χ0) is 12.5. The third kappa shape index (κ3) is 2.01. The molecule has 1 aromatic carbocycles. The van der Waals surface area contributed by atoms with Crippen molar-refractivity contribution in [3.8, 4) is 6.57 Å². The largest absolute Gasteiger partial charge is 0.460 e. The number of hydrogen-bond acceptors (Lipinski definition) is 2. The van der Waals surface area contributed by atoms with Gasteiger partial charge in [-0.15, -0.1) is 0 Å². The van der Waals surface area contributed by atoms with Crippen molar-refractivity contribution in [1.82, 2.24) is 0 Å². The summed E-state index contributed by atoms with van der Waals surface area (Å²) in [4.78, 5) is 15.7. The van der Waals surface area contributed by atoms with Crippen molar-refractivity contribution in [3.05, 3.63) is 39.2 Å². The van der Waals surface area contributed by atoms with Crippen molar-refractivity contribution in [3.63, 3.8) is 0 Å². The van der Waals surface area contributed by atoms with Gasteiger partial charge in [-0.05, 0) is 30.2 Å². The maximum Gasteiger partial charge on any atom is 0.398 e. The number of halogens is 1. The smallest absolute Gasteiger partial charge is 0.398 e. The van der Waals surface area contributed by atoms with Gasteiger partial charge in [-0.3, -0.25) is 0 Å². The molecule has 1 aromatic rings. The lowest BCUT2D eigenvalue weighted by Crippen LogP contribution is -2.37. The van der Waals surface area contributed by atoms with E-state index in [1.807, 2.05) is 12.1 Å². The fourth-order valence-electron chi connectivity index (χ4n) is 2.18. The van der Waals surface area contributed by atoms with Crippen molar-refractivity contribution in [2.24, 2.45) is 0 Å². The third-order valence-corrected chi connectivity index (χ3v) is 3.27. The van der Waals surface area contributed by atoms with E-state index in [4.69, 9.17) is 22.9 Å². The second-order valence-electron chi connectivity index (χ2n) is 4.15. The molecule has 0 aromatic heterocycles. The molecule has 0 radical (unpaired) electrons. The second-order valence-corrected chi connectivity index (χ2v) is 4.58. The van der Waals surface area contributed by atoms with Crippen LogP contribution in [0.5, 0.6) is 0 Å². The number of ether oxygens (including phenoxy) is 1. The summed E-state index contributed by atoms with van der Waals surface area (Å²) in [7, 11) is 0. The van der Waals surface area contributed by atoms with Gasteiger partial charge in [0.05, 0.1) is 19.4 Å². The minimum absolute atomic E-state index is 0.327. The van der Waals surface area contributed by atoms with Crippen LogP contribution in [-0.4, -0.2) is 18.1 Å². The van der Waals surface area contributed by atoms with Crippen LogP contribution in [0.2, 0.25) is 5.02 Å². The number of fused-ring (bicyclic) bond motifs is 1. The van der Waals surface area contributed by atoms with Gasteiger partial charge < -0.3 is 4.74 Å². The number of carbonyl (C=O) groups is 1. The lowest BCUT2D eigenvalue weighted by atomic mass is 9.97. The summed E-state index contributed by atoms with van der Waals surface area (Å²) >= 11 is 5.92. The number of esters is 1. The number of benzene rings is 1. The van der Waals surface area contributed by atoms with E-state index in [0.29, 0.717) is 24.5 Å². The molecule has 4 heteroatoms. The fourth-order valence-corrected chi connectivity index (χ4v) is 2.37. The zero-order valence-electron chi connectivity index (χ0n) is 9.57. The molecule has 1 aliphatic carbocycles. The van der Waals surface area contributed by atoms with E-state index < -0.39 is 5.54 Å². The Labute approximate surface area is 105 Å². The third-order valence-electron chi connectivity index (χ3n) is 3.04. The van der Waals surface area contributed by atoms with E-state index in [9.17, 15) is 4.79 Å². The number of hydrogen-bond donors (Lipinski definition) is 0. The molecule has 0 N–H and O–H groups in total. The molecule has 0 saturated carbocycles. The molecule has 1 atom stereocenters. The van der Waals surface area contributed by atoms with Gasteiger partial charge in [0.2, 0.25) is 0 Å². The summed E-state index contributed by atoms with van der Waals surface area (Å²) in [6.45, 7) is 7.50. The Hall–Kier alpha value is -1.53. The molecule has 3 nitrogen and oxygen atoms in total. The molecular formula is C13H13ClNO2+. The van der Waals surface area contributed by atoms with Crippen molar-refractivity contribution in [2.45, 2.75) is 25.3 Å². The number of rotatable bonds is 2. The van der Waals surface area contributed by atoms with E-state index in [2.05, 4.69) is 4.85 Å². The van der Waals surface area contributed by atoms with Crippen molar-refractivity contribution in [1.29, 1.82) is 0 Å². The Bertz CT molecular complexity index is 507. The van der Waals surface area contributed by atoms with Crippen LogP contribution in [0.3, 0.4) is 0 Å². The Kier molecular flexibility index (Phi) is 3.08. The zero-order valence-corrected chi connectivity index (χ0v) is 10.3. The molecule has 0 saturated heterocycles. The van der Waals surface area contributed by atoms with Gasteiger partial charge in [-0.25, -0.2) is 4.79 Å². The Morgan fingerprint density at radius 2 is 2.24 bits per heavy atom. The Morgan fingerprint density at radius 1 is 1.53 bits per heavy atom. The highest BCUT2D eigenvalue weighted by Gasteiger charge is 2.55. The van der Waals surface area contributed by atoms with E-state index in [1.165, 1.54) is 0 Å². The first kappa shape index (κ1) is 11.9. The summed E-state index contributed by atoms with van der Waals surface area (Å²) in [5.41, 5.74) is 1.10. The second kappa shape index (κ2) is 4.38. The van der Waals surface area contributed by atoms with E-state index in [1.54, 1.807) is 13.0 Å². The molecule has 1 aliphatic rings. The van der Waals surface area contributed by atoms with Crippen LogP contribution in [0, 0.1) is 6.57 Å². The monoisotopic (exact) mass is 250 g/mol. The number of nitrogens with zero attached hydrogens (tertiary/aromatic N) is 1. The molecule has 2 rings (SSSR count). The minimum atomic E-state index is -0.969. The summed E-state index contributed by atoms with van der Waals surface area (Å²) in [6, 6.07) is 5.56. The summed E-state index contributed by atoms with van der Waals surface area (Å²) in [6.07, 6.45) is 0.938. The molecule has 17 heavy (non-hydrogen) atoms. The van der Waals surface area contributed by atoms with Crippen LogP contribution in [0.4, 0.5) is 0 Å². The van der Waals surface area contributed by atoms with Crippen LogP contribution in [0.1, 0.15) is 18.1 Å². The topological polar surface area (TPSA) is 30.7 Å². The molecule has 0 spiro atoms. The van der Waals surface area contributed by atoms with E-state index in [-0.39, 0.29) is 5.97 Å². The van der Waals surface area contributed by atoms with Crippen molar-refractivity contribution in [2.75, 3.05) is 6.61 Å². The van der Waals surface area contributed by atoms with Crippen LogP contribution in [0.25, 0.3) is 4.85 Å². The highest BCUT2D eigenvalue weighted by molar-refractivity contribution is 6.30. The Morgan fingerprint density at radius 3 is 2.88 bits per heavy atom. The van der Waals surface area contributed by atoms with Crippen LogP contribution in [-0.2, 0) is 22.4 Å². The van der Waals surface area contributed by atoms with Gasteiger partial charge in [0.25, 0.3) is 6.57 Å². The molecule has 88 valence electrons. The summed E-state index contributed by atoms with van der Waals surface area (Å²) in [5.74, 6) is -0.366. The molecule has 0 fully saturated rings. The highest BCUT2D eigenvalue weighted by atomic mass is 35.5. The maximum absolute atomic E-state index is 11.9. The Balaban J connectivity index is 2.33. The van der Waals surface area contributed by atoms with Crippen LogP contribution in [0.15, 0.2) is 18.2 Å². The molecule has 0 amide bonds. The van der Waals surface area contributed by atoms with Crippen LogP contribution < -0.4 is 0 Å². The van der Waals surface area contributed by atoms with Gasteiger partial charge in [0.15, 0.2) is 0 Å². The lowest BCUT2D eigenvalue weighted by molar-refractivity contribution is -0.147. The fraction of sp³-hybridized carbons (Fsp3) is 0.385. The summed E-state index contributed by atoms with van der Waals surface area (Å²) < 4.78 is 5.04. The van der Waals surface area contributed by atoms with Crippen molar-refractivity contribution >= 4 is 17.6 Å². The number of carbonyl (C=O) groups excluding carboxylic acids is 1. The first-order chi connectivity index (χ1) is 8.11. The van der Waals surface area contributed by atoms with Gasteiger partial charge in [0.1, 0.15) is 0 Å². The molecule has 0 bridgehead atoms. The average molecular weight is 251 g/mol. The quantitative estimate of drug-likeness (QED) is 0.756. The minimum Gasteiger partial charge on any atom is -0.460 e. The van der Waals surface area contributed by atoms with Gasteiger partial charge in [0, 0.05) is 5.02 Å². The van der Waals surface area contributed by atoms with Gasteiger partial charge >= 0.3 is 11.5 Å². The van der Waals surface area contributed by atoms with Gasteiger partial charge in [-0.2, -0.15) is 0 Å². The standard InChI is InChI=1S/C13H13ClNO2/c1-3-17-12(16)13(15-2)7-9-4-5-11(14)6-10(9)8-13/h2,4-6H,3,7-8H2,1H3/q+1.